The summed E-state index contributed by atoms with van der Waals surface area (Å²) in [6.07, 6.45) is 1.10. The second-order valence-corrected chi connectivity index (χ2v) is 8.28. The van der Waals surface area contributed by atoms with E-state index in [-0.39, 0.29) is 24.1 Å². The van der Waals surface area contributed by atoms with Gasteiger partial charge in [0.2, 0.25) is 0 Å². The molecular weight excluding hydrogens is 394 g/mol. The lowest BCUT2D eigenvalue weighted by atomic mass is 10.0. The summed E-state index contributed by atoms with van der Waals surface area (Å²) in [5.41, 5.74) is 1.08. The lowest BCUT2D eigenvalue weighted by Crippen LogP contribution is -2.46. The molecule has 1 aromatic heterocycles. The van der Waals surface area contributed by atoms with Gasteiger partial charge in [0.15, 0.2) is 6.61 Å². The summed E-state index contributed by atoms with van der Waals surface area (Å²) in [5.74, 6) is 1.02. The molecule has 2 heterocycles. The van der Waals surface area contributed by atoms with E-state index in [1.807, 2.05) is 24.3 Å². The van der Waals surface area contributed by atoms with Crippen molar-refractivity contribution in [3.05, 3.63) is 74.9 Å². The van der Waals surface area contributed by atoms with Crippen LogP contribution in [-0.4, -0.2) is 40.1 Å². The lowest BCUT2D eigenvalue weighted by Gasteiger charge is -2.32. The predicted molar refractivity (Wildman–Crippen MR) is 120 cm³/mol. The number of carbonyl (C=O) groups is 1. The van der Waals surface area contributed by atoms with Crippen LogP contribution >= 0.6 is 0 Å². The number of amides is 1. The number of hydrogen-bond acceptors (Lipinski definition) is 4. The fourth-order valence-electron chi connectivity index (χ4n) is 4.07. The molecule has 7 nitrogen and oxygen atoms in total. The van der Waals surface area contributed by atoms with Crippen molar-refractivity contribution in [1.82, 2.24) is 14.5 Å². The first-order chi connectivity index (χ1) is 14.9. The number of carbonyl (C=O) groups excluding carboxylic acids is 1. The van der Waals surface area contributed by atoms with Gasteiger partial charge in [-0.15, -0.1) is 0 Å². The molecule has 1 aliphatic rings. The first kappa shape index (κ1) is 20.9. The van der Waals surface area contributed by atoms with Crippen LogP contribution in [-0.2, 0) is 4.79 Å². The van der Waals surface area contributed by atoms with E-state index >= 15 is 0 Å². The Hall–Kier alpha value is -3.35. The third kappa shape index (κ3) is 4.40. The minimum absolute atomic E-state index is 0.0256. The molecule has 0 atom stereocenters. The van der Waals surface area contributed by atoms with E-state index in [1.165, 1.54) is 10.1 Å². The van der Waals surface area contributed by atoms with Crippen molar-refractivity contribution < 1.29 is 9.53 Å². The molecule has 1 fully saturated rings. The zero-order valence-electron chi connectivity index (χ0n) is 17.8. The Morgan fingerprint density at radius 1 is 1.06 bits per heavy atom. The molecule has 0 saturated carbocycles. The smallest absolute Gasteiger partial charge is 0.329 e. The molecule has 0 aliphatic carbocycles. The number of aromatic nitrogens is 2. The molecule has 4 rings (SSSR count). The van der Waals surface area contributed by atoms with E-state index in [4.69, 9.17) is 4.74 Å². The number of ether oxygens (including phenoxy) is 1. The number of fused-ring (bicyclic) bond motifs is 1. The molecule has 7 heteroatoms. The first-order valence-electron chi connectivity index (χ1n) is 10.7. The Labute approximate surface area is 180 Å². The topological polar surface area (TPSA) is 84.4 Å². The summed E-state index contributed by atoms with van der Waals surface area (Å²) in [6, 6.07) is 14.6. The molecule has 3 aromatic rings. The van der Waals surface area contributed by atoms with Crippen LogP contribution in [0.1, 0.15) is 44.2 Å². The number of benzene rings is 2. The highest BCUT2D eigenvalue weighted by Gasteiger charge is 2.26. The highest BCUT2D eigenvalue weighted by molar-refractivity contribution is 5.78. The van der Waals surface area contributed by atoms with Gasteiger partial charge in [-0.2, -0.15) is 0 Å². The zero-order valence-corrected chi connectivity index (χ0v) is 17.8. The van der Waals surface area contributed by atoms with Gasteiger partial charge >= 0.3 is 5.69 Å². The summed E-state index contributed by atoms with van der Waals surface area (Å²) < 4.78 is 6.95. The normalized spacial score (nSPS) is 14.9. The summed E-state index contributed by atoms with van der Waals surface area (Å²) >= 11 is 0. The Bertz CT molecular complexity index is 1190. The number of H-pyrrole nitrogens is 1. The second kappa shape index (κ2) is 8.79. The van der Waals surface area contributed by atoms with Crippen molar-refractivity contribution in [3.8, 4) is 5.75 Å². The van der Waals surface area contributed by atoms with Crippen LogP contribution in [0.15, 0.2) is 58.1 Å². The predicted octanol–water partition coefficient (Wildman–Crippen LogP) is 3.06. The van der Waals surface area contributed by atoms with Crippen LogP contribution < -0.4 is 16.0 Å². The molecule has 0 unspecified atom stereocenters. The number of rotatable bonds is 5. The van der Waals surface area contributed by atoms with Crippen LogP contribution in [0.2, 0.25) is 0 Å². The number of piperidine rings is 1. The van der Waals surface area contributed by atoms with E-state index in [0.717, 1.165) is 0 Å². The molecular formula is C24H27N3O4. The van der Waals surface area contributed by atoms with Crippen molar-refractivity contribution >= 4 is 16.8 Å². The van der Waals surface area contributed by atoms with Crippen LogP contribution in [0.25, 0.3) is 10.9 Å². The number of para-hydroxylation sites is 1. The molecule has 31 heavy (non-hydrogen) atoms. The number of nitrogens with zero attached hydrogens (tertiary/aromatic N) is 2. The van der Waals surface area contributed by atoms with Gasteiger partial charge in [-0.05, 0) is 48.6 Å². The molecule has 0 radical (unpaired) electrons. The number of likely N-dealkylation sites (tertiary alicyclic amines) is 1. The average molecular weight is 421 g/mol. The largest absolute Gasteiger partial charge is 0.484 e. The zero-order chi connectivity index (χ0) is 22.0. The maximum absolute atomic E-state index is 12.8. The van der Waals surface area contributed by atoms with Crippen molar-refractivity contribution in [2.45, 2.75) is 38.6 Å². The van der Waals surface area contributed by atoms with E-state index in [9.17, 15) is 14.4 Å². The maximum Gasteiger partial charge on any atom is 0.329 e. The summed E-state index contributed by atoms with van der Waals surface area (Å²) in [5, 5.41) is 0.498. The van der Waals surface area contributed by atoms with Gasteiger partial charge < -0.3 is 14.6 Å². The monoisotopic (exact) mass is 421 g/mol. The van der Waals surface area contributed by atoms with Gasteiger partial charge in [-0.25, -0.2) is 4.79 Å². The molecule has 1 amide bonds. The van der Waals surface area contributed by atoms with Gasteiger partial charge in [0.25, 0.3) is 11.5 Å². The van der Waals surface area contributed by atoms with Crippen molar-refractivity contribution in [2.75, 3.05) is 19.7 Å². The fraction of sp³-hybridized carbons (Fsp3) is 0.375. The second-order valence-electron chi connectivity index (χ2n) is 8.28. The summed E-state index contributed by atoms with van der Waals surface area (Å²) in [7, 11) is 0. The Balaban J connectivity index is 1.37. The molecule has 1 N–H and O–H groups in total. The SMILES string of the molecule is CC(C)c1ccc(OCC(=O)N2CCC(n3c(=O)[nH]c4ccccc4c3=O)CC2)cc1. The number of hydrogen-bond donors (Lipinski definition) is 1. The fourth-order valence-corrected chi connectivity index (χ4v) is 4.07. The molecule has 162 valence electrons. The van der Waals surface area contributed by atoms with Crippen molar-refractivity contribution in [1.29, 1.82) is 0 Å². The van der Waals surface area contributed by atoms with Crippen LogP contribution in [0.3, 0.4) is 0 Å². The standard InChI is InChI=1S/C24H27N3O4/c1-16(2)17-7-9-19(10-8-17)31-15-22(28)26-13-11-18(12-14-26)27-23(29)20-5-3-4-6-21(20)25-24(27)30/h3-10,16,18H,11-15H2,1-2H3,(H,25,30). The molecule has 2 aromatic carbocycles. The summed E-state index contributed by atoms with van der Waals surface area (Å²) in [6.45, 7) is 5.20. The van der Waals surface area contributed by atoms with Crippen molar-refractivity contribution in [2.24, 2.45) is 0 Å². The number of aromatic amines is 1. The number of nitrogens with one attached hydrogen (secondary N) is 1. The van der Waals surface area contributed by atoms with Gasteiger partial charge in [-0.1, -0.05) is 38.1 Å². The van der Waals surface area contributed by atoms with Gasteiger partial charge in [-0.3, -0.25) is 14.2 Å². The van der Waals surface area contributed by atoms with Crippen molar-refractivity contribution in [3.63, 3.8) is 0 Å². The van der Waals surface area contributed by atoms with Crippen LogP contribution in [0, 0.1) is 0 Å². The minimum Gasteiger partial charge on any atom is -0.484 e. The Morgan fingerprint density at radius 3 is 2.42 bits per heavy atom. The molecule has 0 spiro atoms. The first-order valence-corrected chi connectivity index (χ1v) is 10.7. The van der Waals surface area contributed by atoms with E-state index in [0.29, 0.717) is 48.5 Å². The van der Waals surface area contributed by atoms with Crippen LogP contribution in [0.4, 0.5) is 0 Å². The van der Waals surface area contributed by atoms with E-state index < -0.39 is 5.69 Å². The lowest BCUT2D eigenvalue weighted by molar-refractivity contribution is -0.134. The maximum atomic E-state index is 12.8. The molecule has 0 bridgehead atoms. The van der Waals surface area contributed by atoms with Crippen LogP contribution in [0.5, 0.6) is 5.75 Å². The van der Waals surface area contributed by atoms with Gasteiger partial charge in [0.1, 0.15) is 5.75 Å². The molecule has 1 aliphatic heterocycles. The Morgan fingerprint density at radius 2 is 1.74 bits per heavy atom. The Kier molecular flexibility index (Phi) is 5.93. The molecule has 1 saturated heterocycles. The third-order valence-corrected chi connectivity index (χ3v) is 5.93. The van der Waals surface area contributed by atoms with E-state index in [1.54, 1.807) is 29.2 Å². The highest BCUT2D eigenvalue weighted by Crippen LogP contribution is 2.21. The van der Waals surface area contributed by atoms with E-state index in [2.05, 4.69) is 18.8 Å². The van der Waals surface area contributed by atoms with Gasteiger partial charge in [0, 0.05) is 19.1 Å². The quantitative estimate of drug-likeness (QED) is 0.686. The average Bonchev–Trinajstić information content (AvgIpc) is 2.78. The third-order valence-electron chi connectivity index (χ3n) is 5.93. The highest BCUT2D eigenvalue weighted by atomic mass is 16.5. The van der Waals surface area contributed by atoms with Gasteiger partial charge in [0.05, 0.1) is 10.9 Å². The summed E-state index contributed by atoms with van der Waals surface area (Å²) in [4.78, 5) is 42.4. The minimum atomic E-state index is -0.401.